The molecule has 0 heterocycles. The highest BCUT2D eigenvalue weighted by Gasteiger charge is 2.46. The summed E-state index contributed by atoms with van der Waals surface area (Å²) in [7, 11) is 0. The normalized spacial score (nSPS) is 22.6. The SMILES string of the molecule is Cc1ccccc1C1(CNC(=O)C2(N)CCCCC2)CC1. The van der Waals surface area contributed by atoms with Gasteiger partial charge in [0, 0.05) is 12.0 Å². The molecule has 3 N–H and O–H groups in total. The first kappa shape index (κ1) is 14.6. The van der Waals surface area contributed by atoms with Crippen molar-refractivity contribution in [2.45, 2.75) is 62.8 Å². The van der Waals surface area contributed by atoms with Gasteiger partial charge in [-0.2, -0.15) is 0 Å². The molecule has 1 aromatic rings. The molecule has 0 bridgehead atoms. The van der Waals surface area contributed by atoms with Gasteiger partial charge in [-0.3, -0.25) is 4.79 Å². The number of benzene rings is 1. The number of amides is 1. The standard InChI is InChI=1S/C18H26N2O/c1-14-7-3-4-8-15(14)17(11-12-17)13-20-16(21)18(19)9-5-2-6-10-18/h3-4,7-8H,2,5-6,9-13,19H2,1H3,(H,20,21). The molecule has 1 aromatic carbocycles. The van der Waals surface area contributed by atoms with Crippen LogP contribution in [0.15, 0.2) is 24.3 Å². The molecule has 3 heteroatoms. The van der Waals surface area contributed by atoms with Crippen LogP contribution in [0.1, 0.15) is 56.1 Å². The Kier molecular flexibility index (Phi) is 3.78. The van der Waals surface area contributed by atoms with Crippen LogP contribution in [-0.2, 0) is 10.2 Å². The average molecular weight is 286 g/mol. The number of carbonyl (C=O) groups excluding carboxylic acids is 1. The molecule has 0 unspecified atom stereocenters. The van der Waals surface area contributed by atoms with E-state index < -0.39 is 5.54 Å². The van der Waals surface area contributed by atoms with Crippen LogP contribution in [-0.4, -0.2) is 18.0 Å². The van der Waals surface area contributed by atoms with E-state index in [1.807, 2.05) is 0 Å². The first-order chi connectivity index (χ1) is 10.1. The molecule has 21 heavy (non-hydrogen) atoms. The average Bonchev–Trinajstić information content (AvgIpc) is 3.27. The predicted molar refractivity (Wildman–Crippen MR) is 85.1 cm³/mol. The number of hydrogen-bond acceptors (Lipinski definition) is 2. The van der Waals surface area contributed by atoms with E-state index in [4.69, 9.17) is 5.73 Å². The van der Waals surface area contributed by atoms with Crippen LogP contribution in [0.4, 0.5) is 0 Å². The molecular formula is C18H26N2O. The van der Waals surface area contributed by atoms with Crippen molar-refractivity contribution >= 4 is 5.91 Å². The molecule has 3 nitrogen and oxygen atoms in total. The molecule has 2 aliphatic rings. The molecule has 3 rings (SSSR count). The van der Waals surface area contributed by atoms with Crippen molar-refractivity contribution < 1.29 is 4.79 Å². The van der Waals surface area contributed by atoms with Crippen molar-refractivity contribution in [1.29, 1.82) is 0 Å². The zero-order valence-electron chi connectivity index (χ0n) is 13.0. The van der Waals surface area contributed by atoms with Crippen molar-refractivity contribution in [2.75, 3.05) is 6.54 Å². The summed E-state index contributed by atoms with van der Waals surface area (Å²) in [5, 5.41) is 3.16. The van der Waals surface area contributed by atoms with Gasteiger partial charge in [0.25, 0.3) is 0 Å². The molecule has 114 valence electrons. The Balaban J connectivity index is 1.65. The van der Waals surface area contributed by atoms with Crippen LogP contribution in [0.5, 0.6) is 0 Å². The predicted octanol–water partition coefficient (Wildman–Crippen LogP) is 2.80. The van der Waals surface area contributed by atoms with E-state index in [1.54, 1.807) is 0 Å². The van der Waals surface area contributed by atoms with Crippen molar-refractivity contribution in [3.8, 4) is 0 Å². The van der Waals surface area contributed by atoms with Crippen molar-refractivity contribution in [2.24, 2.45) is 5.73 Å². The molecule has 0 aromatic heterocycles. The number of hydrogen-bond donors (Lipinski definition) is 2. The summed E-state index contributed by atoms with van der Waals surface area (Å²) in [6, 6.07) is 8.52. The van der Waals surface area contributed by atoms with Gasteiger partial charge in [-0.25, -0.2) is 0 Å². The van der Waals surface area contributed by atoms with Gasteiger partial charge in [0.05, 0.1) is 5.54 Å². The van der Waals surface area contributed by atoms with Gasteiger partial charge >= 0.3 is 0 Å². The summed E-state index contributed by atoms with van der Waals surface area (Å²) in [5.74, 6) is 0.0575. The lowest BCUT2D eigenvalue weighted by Gasteiger charge is -2.32. The van der Waals surface area contributed by atoms with Gasteiger partial charge in [-0.05, 0) is 43.7 Å². The molecule has 2 aliphatic carbocycles. The highest BCUT2D eigenvalue weighted by Crippen LogP contribution is 2.48. The third kappa shape index (κ3) is 2.84. The number of nitrogens with one attached hydrogen (secondary N) is 1. The van der Waals surface area contributed by atoms with Gasteiger partial charge in [-0.1, -0.05) is 43.5 Å². The van der Waals surface area contributed by atoms with Crippen molar-refractivity contribution in [3.05, 3.63) is 35.4 Å². The fourth-order valence-corrected chi connectivity index (χ4v) is 3.70. The van der Waals surface area contributed by atoms with E-state index in [0.29, 0.717) is 0 Å². The second kappa shape index (κ2) is 5.45. The second-order valence-electron chi connectivity index (χ2n) is 6.99. The van der Waals surface area contributed by atoms with E-state index in [0.717, 1.165) is 45.1 Å². The number of nitrogens with two attached hydrogens (primary N) is 1. The summed E-state index contributed by atoms with van der Waals surface area (Å²) in [6.45, 7) is 2.89. The number of carbonyl (C=O) groups is 1. The van der Waals surface area contributed by atoms with Gasteiger partial charge in [-0.15, -0.1) is 0 Å². The Labute approximate surface area is 127 Å². The lowest BCUT2D eigenvalue weighted by molar-refractivity contribution is -0.127. The molecule has 0 saturated heterocycles. The maximum Gasteiger partial charge on any atom is 0.240 e. The van der Waals surface area contributed by atoms with E-state index >= 15 is 0 Å². The van der Waals surface area contributed by atoms with Crippen molar-refractivity contribution in [1.82, 2.24) is 5.32 Å². The Bertz CT molecular complexity index is 528. The van der Waals surface area contributed by atoms with E-state index in [1.165, 1.54) is 17.5 Å². The number of rotatable bonds is 4. The molecule has 0 aliphatic heterocycles. The first-order valence-corrected chi connectivity index (χ1v) is 8.19. The van der Waals surface area contributed by atoms with Gasteiger partial charge in [0.2, 0.25) is 5.91 Å². The van der Waals surface area contributed by atoms with E-state index in [9.17, 15) is 4.79 Å². The van der Waals surface area contributed by atoms with Crippen LogP contribution in [0.3, 0.4) is 0 Å². The Morgan fingerprint density at radius 1 is 1.14 bits per heavy atom. The fraction of sp³-hybridized carbons (Fsp3) is 0.611. The van der Waals surface area contributed by atoms with Gasteiger partial charge in [0.15, 0.2) is 0 Å². The Morgan fingerprint density at radius 2 is 1.81 bits per heavy atom. The highest BCUT2D eigenvalue weighted by atomic mass is 16.2. The van der Waals surface area contributed by atoms with Crippen LogP contribution >= 0.6 is 0 Å². The van der Waals surface area contributed by atoms with Gasteiger partial charge in [0.1, 0.15) is 0 Å². The molecule has 0 atom stereocenters. The summed E-state index contributed by atoms with van der Waals surface area (Å²) >= 11 is 0. The smallest absolute Gasteiger partial charge is 0.240 e. The maximum atomic E-state index is 12.5. The molecule has 2 fully saturated rings. The van der Waals surface area contributed by atoms with Crippen LogP contribution in [0.2, 0.25) is 0 Å². The van der Waals surface area contributed by atoms with Crippen LogP contribution < -0.4 is 11.1 Å². The quantitative estimate of drug-likeness (QED) is 0.894. The highest BCUT2D eigenvalue weighted by molar-refractivity contribution is 5.86. The minimum absolute atomic E-state index is 0.0575. The van der Waals surface area contributed by atoms with E-state index in [2.05, 4.69) is 36.5 Å². The fourth-order valence-electron chi connectivity index (χ4n) is 3.70. The zero-order valence-corrected chi connectivity index (χ0v) is 13.0. The molecule has 0 spiro atoms. The topological polar surface area (TPSA) is 55.1 Å². The van der Waals surface area contributed by atoms with Crippen LogP contribution in [0, 0.1) is 6.92 Å². The molecule has 1 amide bonds. The lowest BCUT2D eigenvalue weighted by atomic mass is 9.81. The summed E-state index contributed by atoms with van der Waals surface area (Å²) in [4.78, 5) is 12.5. The maximum absolute atomic E-state index is 12.5. The van der Waals surface area contributed by atoms with Crippen LogP contribution in [0.25, 0.3) is 0 Å². The third-order valence-electron chi connectivity index (χ3n) is 5.36. The molecular weight excluding hydrogens is 260 g/mol. The summed E-state index contributed by atoms with van der Waals surface area (Å²) in [5.41, 5.74) is 8.56. The van der Waals surface area contributed by atoms with E-state index in [-0.39, 0.29) is 11.3 Å². The van der Waals surface area contributed by atoms with Crippen molar-refractivity contribution in [3.63, 3.8) is 0 Å². The minimum Gasteiger partial charge on any atom is -0.354 e. The third-order valence-corrected chi connectivity index (χ3v) is 5.36. The summed E-state index contributed by atoms with van der Waals surface area (Å²) in [6.07, 6.45) is 7.34. The largest absolute Gasteiger partial charge is 0.354 e. The summed E-state index contributed by atoms with van der Waals surface area (Å²) < 4.78 is 0. The van der Waals surface area contributed by atoms with Gasteiger partial charge < -0.3 is 11.1 Å². The molecule has 0 radical (unpaired) electrons. The Morgan fingerprint density at radius 3 is 2.43 bits per heavy atom. The first-order valence-electron chi connectivity index (χ1n) is 8.19. The number of aryl methyl sites for hydroxylation is 1. The lowest BCUT2D eigenvalue weighted by Crippen LogP contribution is -2.56. The minimum atomic E-state index is -0.625. The Hall–Kier alpha value is -1.35. The zero-order chi connectivity index (χ0) is 14.9. The monoisotopic (exact) mass is 286 g/mol. The second-order valence-corrected chi connectivity index (χ2v) is 6.99. The molecule has 2 saturated carbocycles.